The first-order valence-corrected chi connectivity index (χ1v) is 8.90. The minimum absolute atomic E-state index is 0.321. The van der Waals surface area contributed by atoms with Gasteiger partial charge in [0.15, 0.2) is 5.65 Å². The van der Waals surface area contributed by atoms with Crippen LogP contribution in [0.3, 0.4) is 0 Å². The molecule has 2 atom stereocenters. The molecule has 0 radical (unpaired) electrons. The van der Waals surface area contributed by atoms with E-state index in [0.29, 0.717) is 12.0 Å². The summed E-state index contributed by atoms with van der Waals surface area (Å²) in [6.07, 6.45) is 8.17. The maximum atomic E-state index is 5.85. The summed E-state index contributed by atoms with van der Waals surface area (Å²) in [5, 5.41) is 0. The number of pyridine rings is 1. The zero-order valence-electron chi connectivity index (χ0n) is 13.9. The van der Waals surface area contributed by atoms with Crippen molar-refractivity contribution in [2.45, 2.75) is 44.8 Å². The van der Waals surface area contributed by atoms with E-state index in [1.54, 1.807) is 0 Å². The van der Waals surface area contributed by atoms with Gasteiger partial charge in [-0.2, -0.15) is 0 Å². The molecule has 0 bridgehead atoms. The topological polar surface area (TPSA) is 43.2 Å². The molecular weight excluding hydrogens is 288 g/mol. The normalized spacial score (nSPS) is 26.1. The fourth-order valence-corrected chi connectivity index (χ4v) is 4.04. The highest BCUT2D eigenvalue weighted by atomic mass is 16.5. The molecule has 2 unspecified atom stereocenters. The molecule has 0 N–H and O–H groups in total. The van der Waals surface area contributed by atoms with Gasteiger partial charge in [0.25, 0.3) is 0 Å². The van der Waals surface area contributed by atoms with E-state index in [4.69, 9.17) is 9.72 Å². The third-order valence-electron chi connectivity index (χ3n) is 5.19. The number of hydrogen-bond donors (Lipinski definition) is 0. The Balaban J connectivity index is 1.61. The lowest BCUT2D eigenvalue weighted by Gasteiger charge is -2.29. The fraction of sp³-hybridized carbons (Fsp3) is 0.667. The van der Waals surface area contributed by atoms with E-state index in [2.05, 4.69) is 27.6 Å². The second-order valence-electron chi connectivity index (χ2n) is 7.09. The molecule has 2 aromatic heterocycles. The lowest BCUT2D eigenvalue weighted by atomic mass is 9.95. The Bertz CT molecular complexity index is 662. The summed E-state index contributed by atoms with van der Waals surface area (Å²) in [7, 11) is 2.23. The van der Waals surface area contributed by atoms with Gasteiger partial charge in [0.05, 0.1) is 12.6 Å². The van der Waals surface area contributed by atoms with Gasteiger partial charge >= 0.3 is 0 Å². The van der Waals surface area contributed by atoms with Gasteiger partial charge in [0, 0.05) is 25.8 Å². The van der Waals surface area contributed by atoms with Crippen molar-refractivity contribution in [3.63, 3.8) is 0 Å². The Morgan fingerprint density at radius 2 is 2.26 bits per heavy atom. The van der Waals surface area contributed by atoms with Gasteiger partial charge in [-0.3, -0.25) is 0 Å². The number of ether oxygens (including phenoxy) is 1. The Labute approximate surface area is 137 Å². The van der Waals surface area contributed by atoms with E-state index >= 15 is 0 Å². The standard InChI is InChI=1S/C18H26N4O/c1-21-9-3-5-14(12-21)11-17-20-16-7-2-8-19-18(16)22(17)13-15-6-4-10-23-15/h2,7-8,14-15H,3-6,9-13H2,1H3. The zero-order valence-corrected chi connectivity index (χ0v) is 13.9. The van der Waals surface area contributed by atoms with Crippen molar-refractivity contribution in [1.82, 2.24) is 19.4 Å². The van der Waals surface area contributed by atoms with Crippen molar-refractivity contribution in [1.29, 1.82) is 0 Å². The number of piperidine rings is 1. The van der Waals surface area contributed by atoms with E-state index in [-0.39, 0.29) is 0 Å². The highest BCUT2D eigenvalue weighted by Crippen LogP contribution is 2.24. The van der Waals surface area contributed by atoms with Crippen molar-refractivity contribution >= 4 is 11.2 Å². The highest BCUT2D eigenvalue weighted by molar-refractivity contribution is 5.71. The van der Waals surface area contributed by atoms with Gasteiger partial charge in [-0.05, 0) is 57.3 Å². The van der Waals surface area contributed by atoms with Crippen molar-refractivity contribution < 1.29 is 4.74 Å². The Hall–Kier alpha value is -1.46. The quantitative estimate of drug-likeness (QED) is 0.869. The molecule has 124 valence electrons. The number of imidazole rings is 1. The number of nitrogens with zero attached hydrogens (tertiary/aromatic N) is 4. The molecular formula is C18H26N4O. The third-order valence-corrected chi connectivity index (χ3v) is 5.19. The van der Waals surface area contributed by atoms with Crippen molar-refractivity contribution in [3.8, 4) is 0 Å². The van der Waals surface area contributed by atoms with Crippen LogP contribution in [-0.2, 0) is 17.7 Å². The van der Waals surface area contributed by atoms with Crippen LogP contribution in [0.5, 0.6) is 0 Å². The van der Waals surface area contributed by atoms with Crippen LogP contribution < -0.4 is 0 Å². The number of hydrogen-bond acceptors (Lipinski definition) is 4. The van der Waals surface area contributed by atoms with E-state index < -0.39 is 0 Å². The van der Waals surface area contributed by atoms with Gasteiger partial charge in [0.1, 0.15) is 11.3 Å². The van der Waals surface area contributed by atoms with Crippen molar-refractivity contribution in [3.05, 3.63) is 24.2 Å². The lowest BCUT2D eigenvalue weighted by Crippen LogP contribution is -2.33. The summed E-state index contributed by atoms with van der Waals surface area (Å²) in [4.78, 5) is 11.9. The van der Waals surface area contributed by atoms with Crippen molar-refractivity contribution in [2.24, 2.45) is 5.92 Å². The van der Waals surface area contributed by atoms with Gasteiger partial charge in [-0.1, -0.05) is 0 Å². The van der Waals surface area contributed by atoms with Crippen LogP contribution in [0.1, 0.15) is 31.5 Å². The first kappa shape index (κ1) is 15.1. The predicted molar refractivity (Wildman–Crippen MR) is 90.4 cm³/mol. The summed E-state index contributed by atoms with van der Waals surface area (Å²) in [6, 6.07) is 4.05. The molecule has 2 aromatic rings. The monoisotopic (exact) mass is 314 g/mol. The molecule has 23 heavy (non-hydrogen) atoms. The summed E-state index contributed by atoms with van der Waals surface area (Å²) in [5.41, 5.74) is 2.03. The average Bonchev–Trinajstić information content (AvgIpc) is 3.17. The van der Waals surface area contributed by atoms with Gasteiger partial charge in [0.2, 0.25) is 0 Å². The first-order chi connectivity index (χ1) is 11.3. The SMILES string of the molecule is CN1CCCC(Cc2nc3cccnc3n2CC2CCCO2)C1. The Morgan fingerprint density at radius 3 is 3.09 bits per heavy atom. The molecule has 2 aliphatic heterocycles. The Morgan fingerprint density at radius 1 is 1.30 bits per heavy atom. The molecule has 0 spiro atoms. The van der Waals surface area contributed by atoms with E-state index in [0.717, 1.165) is 37.2 Å². The maximum Gasteiger partial charge on any atom is 0.160 e. The zero-order chi connectivity index (χ0) is 15.6. The molecule has 4 heterocycles. The lowest BCUT2D eigenvalue weighted by molar-refractivity contribution is 0.0966. The number of rotatable bonds is 4. The van der Waals surface area contributed by atoms with E-state index in [1.165, 1.54) is 38.2 Å². The van der Waals surface area contributed by atoms with Crippen LogP contribution in [0, 0.1) is 5.92 Å². The van der Waals surface area contributed by atoms with Gasteiger partial charge in [-0.25, -0.2) is 9.97 Å². The van der Waals surface area contributed by atoms with Crippen LogP contribution in [0.25, 0.3) is 11.2 Å². The fourth-order valence-electron chi connectivity index (χ4n) is 4.04. The summed E-state index contributed by atoms with van der Waals surface area (Å²) >= 11 is 0. The highest BCUT2D eigenvalue weighted by Gasteiger charge is 2.24. The predicted octanol–water partition coefficient (Wildman–Crippen LogP) is 2.49. The smallest absolute Gasteiger partial charge is 0.160 e. The molecule has 4 rings (SSSR count). The first-order valence-electron chi connectivity index (χ1n) is 8.90. The van der Waals surface area contributed by atoms with Gasteiger partial charge in [-0.15, -0.1) is 0 Å². The summed E-state index contributed by atoms with van der Waals surface area (Å²) < 4.78 is 8.17. The minimum atomic E-state index is 0.321. The van der Waals surface area contributed by atoms with Gasteiger partial charge < -0.3 is 14.2 Å². The van der Waals surface area contributed by atoms with Crippen LogP contribution >= 0.6 is 0 Å². The van der Waals surface area contributed by atoms with E-state index in [1.807, 2.05) is 12.3 Å². The molecule has 0 aliphatic carbocycles. The summed E-state index contributed by atoms with van der Waals surface area (Å²) in [5.74, 6) is 1.89. The third kappa shape index (κ3) is 3.26. The van der Waals surface area contributed by atoms with Crippen molar-refractivity contribution in [2.75, 3.05) is 26.7 Å². The van der Waals surface area contributed by atoms with E-state index in [9.17, 15) is 0 Å². The minimum Gasteiger partial charge on any atom is -0.376 e. The number of aromatic nitrogens is 3. The number of likely N-dealkylation sites (tertiary alicyclic amines) is 1. The molecule has 5 heteroatoms. The average molecular weight is 314 g/mol. The molecule has 0 aromatic carbocycles. The Kier molecular flexibility index (Phi) is 4.31. The van der Waals surface area contributed by atoms with Crippen LogP contribution in [0.2, 0.25) is 0 Å². The molecule has 0 amide bonds. The molecule has 5 nitrogen and oxygen atoms in total. The summed E-state index contributed by atoms with van der Waals surface area (Å²) in [6.45, 7) is 4.19. The second kappa shape index (κ2) is 6.57. The van der Waals surface area contributed by atoms with Crippen LogP contribution in [0.4, 0.5) is 0 Å². The molecule has 2 aliphatic rings. The molecule has 0 saturated carbocycles. The second-order valence-corrected chi connectivity index (χ2v) is 7.09. The van der Waals surface area contributed by atoms with Crippen LogP contribution in [-0.4, -0.2) is 52.3 Å². The molecule has 2 fully saturated rings. The number of fused-ring (bicyclic) bond motifs is 1. The van der Waals surface area contributed by atoms with Crippen LogP contribution in [0.15, 0.2) is 18.3 Å². The maximum absolute atomic E-state index is 5.85. The largest absolute Gasteiger partial charge is 0.376 e. The molecule has 2 saturated heterocycles.